The number of hydrogen-bond donors (Lipinski definition) is 2. The van der Waals surface area contributed by atoms with Crippen molar-refractivity contribution in [1.29, 1.82) is 0 Å². The highest BCUT2D eigenvalue weighted by Crippen LogP contribution is 2.35. The molecule has 2 aromatic carbocycles. The Labute approximate surface area is 135 Å². The van der Waals surface area contributed by atoms with Crippen LogP contribution in [0, 0.1) is 0 Å². The van der Waals surface area contributed by atoms with Crippen LogP contribution in [0.5, 0.6) is 17.2 Å². The van der Waals surface area contributed by atoms with E-state index in [1.54, 1.807) is 43.5 Å². The van der Waals surface area contributed by atoms with Crippen molar-refractivity contribution in [3.05, 3.63) is 51.5 Å². The molecule has 7 heteroatoms. The monoisotopic (exact) mass is 370 g/mol. The molecule has 0 saturated heterocycles. The second-order valence-electron chi connectivity index (χ2n) is 4.02. The Bertz CT molecular complexity index is 692. The van der Waals surface area contributed by atoms with Gasteiger partial charge in [-0.2, -0.15) is 0 Å². The molecule has 0 spiro atoms. The molecule has 0 amide bonds. The number of methoxy groups -OCH3 is 1. The third-order valence-electron chi connectivity index (χ3n) is 2.69. The summed E-state index contributed by atoms with van der Waals surface area (Å²) in [6.07, 6.45) is 0. The second kappa shape index (κ2) is 6.69. The minimum Gasteiger partial charge on any atom is -0.497 e. The molecule has 0 aliphatic carbocycles. The SMILES string of the molecule is COc1ccc(/C(N)=N/O)c(Oc2ccc(Cl)cc2Br)c1. The molecule has 0 aromatic heterocycles. The molecule has 2 rings (SSSR count). The molecule has 0 radical (unpaired) electrons. The highest BCUT2D eigenvalue weighted by molar-refractivity contribution is 9.10. The Morgan fingerprint density at radius 3 is 2.62 bits per heavy atom. The van der Waals surface area contributed by atoms with Gasteiger partial charge in [-0.3, -0.25) is 0 Å². The summed E-state index contributed by atoms with van der Waals surface area (Å²) in [6, 6.07) is 10.1. The van der Waals surface area contributed by atoms with E-state index < -0.39 is 0 Å². The highest BCUT2D eigenvalue weighted by atomic mass is 79.9. The van der Waals surface area contributed by atoms with Gasteiger partial charge in [0.2, 0.25) is 0 Å². The van der Waals surface area contributed by atoms with Crippen LogP contribution in [0.2, 0.25) is 5.02 Å². The Balaban J connectivity index is 2.46. The van der Waals surface area contributed by atoms with Gasteiger partial charge in [0.25, 0.3) is 0 Å². The molecular formula is C14H12BrClN2O3. The van der Waals surface area contributed by atoms with Gasteiger partial charge in [-0.25, -0.2) is 0 Å². The van der Waals surface area contributed by atoms with Gasteiger partial charge < -0.3 is 20.4 Å². The standard InChI is InChI=1S/C14H12BrClN2O3/c1-20-9-3-4-10(14(17)18-19)13(7-9)21-12-5-2-8(16)6-11(12)15/h2-7,19H,1H3,(H2,17,18). The van der Waals surface area contributed by atoms with Gasteiger partial charge in [0.1, 0.15) is 17.2 Å². The minimum atomic E-state index is -0.0576. The number of ether oxygens (including phenoxy) is 2. The van der Waals surface area contributed by atoms with E-state index in [-0.39, 0.29) is 5.84 Å². The van der Waals surface area contributed by atoms with E-state index in [1.165, 1.54) is 0 Å². The minimum absolute atomic E-state index is 0.0576. The van der Waals surface area contributed by atoms with Crippen LogP contribution in [0.3, 0.4) is 0 Å². The van der Waals surface area contributed by atoms with Crippen LogP contribution in [-0.2, 0) is 0 Å². The molecule has 0 aliphatic heterocycles. The summed E-state index contributed by atoms with van der Waals surface area (Å²) in [5.41, 5.74) is 6.09. The second-order valence-corrected chi connectivity index (χ2v) is 5.31. The fourth-order valence-corrected chi connectivity index (χ4v) is 2.42. The van der Waals surface area contributed by atoms with Crippen molar-refractivity contribution in [3.8, 4) is 17.2 Å². The molecule has 2 aromatic rings. The van der Waals surface area contributed by atoms with Crippen LogP contribution < -0.4 is 15.2 Å². The molecule has 0 aliphatic rings. The first kappa shape index (κ1) is 15.5. The predicted octanol–water partition coefficient (Wildman–Crippen LogP) is 4.00. The first-order chi connectivity index (χ1) is 10.0. The van der Waals surface area contributed by atoms with Crippen LogP contribution in [0.1, 0.15) is 5.56 Å². The smallest absolute Gasteiger partial charge is 0.173 e. The lowest BCUT2D eigenvalue weighted by atomic mass is 10.1. The van der Waals surface area contributed by atoms with Gasteiger partial charge in [-0.15, -0.1) is 0 Å². The summed E-state index contributed by atoms with van der Waals surface area (Å²) in [5, 5.41) is 12.4. The van der Waals surface area contributed by atoms with Gasteiger partial charge in [0.15, 0.2) is 5.84 Å². The number of hydrogen-bond acceptors (Lipinski definition) is 4. The largest absolute Gasteiger partial charge is 0.497 e. The molecule has 0 unspecified atom stereocenters. The Morgan fingerprint density at radius 2 is 2.00 bits per heavy atom. The van der Waals surface area contributed by atoms with Crippen LogP contribution in [0.4, 0.5) is 0 Å². The van der Waals surface area contributed by atoms with E-state index in [0.717, 1.165) is 0 Å². The van der Waals surface area contributed by atoms with E-state index >= 15 is 0 Å². The van der Waals surface area contributed by atoms with Gasteiger partial charge in [0, 0.05) is 11.1 Å². The zero-order chi connectivity index (χ0) is 15.4. The van der Waals surface area contributed by atoms with Crippen molar-refractivity contribution in [2.24, 2.45) is 10.9 Å². The Kier molecular flexibility index (Phi) is 4.93. The average Bonchev–Trinajstić information content (AvgIpc) is 2.49. The van der Waals surface area contributed by atoms with Gasteiger partial charge >= 0.3 is 0 Å². The van der Waals surface area contributed by atoms with E-state index in [4.69, 9.17) is 32.0 Å². The zero-order valence-corrected chi connectivity index (χ0v) is 13.4. The molecule has 3 N–H and O–H groups in total. The maximum absolute atomic E-state index is 8.85. The Morgan fingerprint density at radius 1 is 1.24 bits per heavy atom. The van der Waals surface area contributed by atoms with Crippen LogP contribution >= 0.6 is 27.5 Å². The third kappa shape index (κ3) is 3.59. The molecule has 0 fully saturated rings. The summed E-state index contributed by atoms with van der Waals surface area (Å²) in [5.74, 6) is 1.47. The van der Waals surface area contributed by atoms with Crippen LogP contribution in [0.15, 0.2) is 46.0 Å². The van der Waals surface area contributed by atoms with Gasteiger partial charge in [0.05, 0.1) is 17.1 Å². The molecule has 110 valence electrons. The third-order valence-corrected chi connectivity index (χ3v) is 3.54. The molecule has 0 heterocycles. The van der Waals surface area contributed by atoms with Gasteiger partial charge in [-0.1, -0.05) is 16.8 Å². The number of halogens is 2. The van der Waals surface area contributed by atoms with Gasteiger partial charge in [-0.05, 0) is 46.3 Å². The molecule has 0 atom stereocenters. The predicted molar refractivity (Wildman–Crippen MR) is 84.7 cm³/mol. The summed E-state index contributed by atoms with van der Waals surface area (Å²) in [7, 11) is 1.54. The normalized spacial score (nSPS) is 11.3. The van der Waals surface area contributed by atoms with Crippen molar-refractivity contribution in [2.45, 2.75) is 0 Å². The number of nitrogens with two attached hydrogens (primary N) is 1. The van der Waals surface area contributed by atoms with E-state index in [9.17, 15) is 0 Å². The van der Waals surface area contributed by atoms with Crippen molar-refractivity contribution >= 4 is 33.4 Å². The summed E-state index contributed by atoms with van der Waals surface area (Å²) < 4.78 is 11.6. The van der Waals surface area contributed by atoms with E-state index in [2.05, 4.69) is 21.1 Å². The van der Waals surface area contributed by atoms with Crippen molar-refractivity contribution in [1.82, 2.24) is 0 Å². The lowest BCUT2D eigenvalue weighted by Gasteiger charge is -2.13. The maximum atomic E-state index is 8.85. The van der Waals surface area contributed by atoms with Crippen molar-refractivity contribution in [2.75, 3.05) is 7.11 Å². The summed E-state index contributed by atoms with van der Waals surface area (Å²) in [4.78, 5) is 0. The number of benzene rings is 2. The molecule has 0 saturated carbocycles. The van der Waals surface area contributed by atoms with Crippen molar-refractivity contribution in [3.63, 3.8) is 0 Å². The van der Waals surface area contributed by atoms with E-state index in [1.807, 2.05) is 0 Å². The number of rotatable bonds is 4. The highest BCUT2D eigenvalue weighted by Gasteiger charge is 2.13. The van der Waals surface area contributed by atoms with Crippen LogP contribution in [-0.4, -0.2) is 18.2 Å². The fraction of sp³-hybridized carbons (Fsp3) is 0.0714. The molecular weight excluding hydrogens is 360 g/mol. The summed E-state index contributed by atoms with van der Waals surface area (Å²) in [6.45, 7) is 0. The zero-order valence-electron chi connectivity index (χ0n) is 11.0. The first-order valence-corrected chi connectivity index (χ1v) is 7.01. The fourth-order valence-electron chi connectivity index (χ4n) is 1.66. The van der Waals surface area contributed by atoms with Crippen molar-refractivity contribution < 1.29 is 14.7 Å². The molecule has 5 nitrogen and oxygen atoms in total. The topological polar surface area (TPSA) is 77.1 Å². The first-order valence-electron chi connectivity index (χ1n) is 5.84. The lowest BCUT2D eigenvalue weighted by molar-refractivity contribution is 0.318. The number of amidine groups is 1. The average molecular weight is 372 g/mol. The number of oxime groups is 1. The van der Waals surface area contributed by atoms with E-state index in [0.29, 0.717) is 32.3 Å². The molecule has 0 bridgehead atoms. The maximum Gasteiger partial charge on any atom is 0.173 e. The summed E-state index contributed by atoms with van der Waals surface area (Å²) >= 11 is 9.26. The Hall–Kier alpha value is -1.92. The number of nitrogens with zero attached hydrogens (tertiary/aromatic N) is 1. The van der Waals surface area contributed by atoms with Crippen LogP contribution in [0.25, 0.3) is 0 Å². The lowest BCUT2D eigenvalue weighted by Crippen LogP contribution is -2.14. The molecule has 21 heavy (non-hydrogen) atoms. The quantitative estimate of drug-likeness (QED) is 0.368.